The summed E-state index contributed by atoms with van der Waals surface area (Å²) >= 11 is 0. The van der Waals surface area contributed by atoms with Crippen molar-refractivity contribution in [2.75, 3.05) is 0 Å². The Morgan fingerprint density at radius 2 is 1.75 bits per heavy atom. The molecule has 0 aliphatic heterocycles. The highest BCUT2D eigenvalue weighted by Crippen LogP contribution is 2.41. The van der Waals surface area contributed by atoms with Crippen molar-refractivity contribution in [3.63, 3.8) is 0 Å². The summed E-state index contributed by atoms with van der Waals surface area (Å²) in [6, 6.07) is 20.6. The van der Waals surface area contributed by atoms with Crippen LogP contribution in [0, 0.1) is 13.7 Å². The van der Waals surface area contributed by atoms with Crippen molar-refractivity contribution >= 4 is 43.5 Å². The van der Waals surface area contributed by atoms with E-state index in [2.05, 4.69) is 4.98 Å². The molecule has 0 aliphatic carbocycles. The van der Waals surface area contributed by atoms with Gasteiger partial charge >= 0.3 is 0 Å². The highest BCUT2D eigenvalue weighted by Gasteiger charge is 2.18. The molecule has 0 bridgehead atoms. The summed E-state index contributed by atoms with van der Waals surface area (Å²) in [5, 5.41) is 4.66. The highest BCUT2D eigenvalue weighted by atomic mass is 16.3. The molecule has 0 N–H and O–H groups in total. The Hall–Kier alpha value is -3.65. The van der Waals surface area contributed by atoms with Gasteiger partial charge in [-0.1, -0.05) is 50.2 Å². The minimum absolute atomic E-state index is 0.239. The molecule has 0 saturated carbocycles. The summed E-state index contributed by atoms with van der Waals surface area (Å²) in [6.45, 7) is -1.91. The van der Waals surface area contributed by atoms with Crippen molar-refractivity contribution in [3.8, 4) is 11.3 Å². The molecule has 0 unspecified atom stereocenters. The maximum Gasteiger partial charge on any atom is 0.145 e. The zero-order valence-corrected chi connectivity index (χ0v) is 17.8. The monoisotopic (exact) mass is 422 g/mol. The third-order valence-corrected chi connectivity index (χ3v) is 6.22. The van der Waals surface area contributed by atoms with Crippen LogP contribution in [0.15, 0.2) is 77.3 Å². The van der Waals surface area contributed by atoms with Gasteiger partial charge in [0.15, 0.2) is 0 Å². The largest absolute Gasteiger partial charge is 0.455 e. The van der Waals surface area contributed by atoms with Gasteiger partial charge in [-0.15, -0.1) is 0 Å². The fraction of sp³-hybridized carbons (Fsp3) is 0.167. The average molecular weight is 423 g/mol. The topological polar surface area (TPSA) is 26.0 Å². The summed E-state index contributed by atoms with van der Waals surface area (Å²) in [5.41, 5.74) is 1.69. The second-order valence-electron chi connectivity index (χ2n) is 8.44. The molecule has 6 rings (SSSR count). The van der Waals surface area contributed by atoms with E-state index in [1.165, 1.54) is 6.07 Å². The van der Waals surface area contributed by atoms with E-state index in [0.29, 0.717) is 27.8 Å². The second kappa shape index (κ2) is 6.93. The van der Waals surface area contributed by atoms with Gasteiger partial charge in [0, 0.05) is 32.1 Å². The fourth-order valence-corrected chi connectivity index (χ4v) is 4.53. The Bertz CT molecular complexity index is 1930. The molecule has 2 heteroatoms. The Morgan fingerprint density at radius 3 is 2.59 bits per heavy atom. The first-order valence-electron chi connectivity index (χ1n) is 14.1. The number of fused-ring (bicyclic) bond motifs is 6. The van der Waals surface area contributed by atoms with E-state index >= 15 is 0 Å². The minimum atomic E-state index is -2.72. The number of hydrogen-bond acceptors (Lipinski definition) is 2. The van der Waals surface area contributed by atoms with E-state index in [1.54, 1.807) is 32.2 Å². The molecule has 156 valence electrons. The molecule has 0 amide bonds. The number of furan rings is 1. The van der Waals surface area contributed by atoms with E-state index in [9.17, 15) is 0 Å². The first-order chi connectivity index (χ1) is 18.2. The number of hydrogen-bond donors (Lipinski definition) is 0. The molecule has 6 aromatic rings. The van der Waals surface area contributed by atoms with E-state index < -0.39 is 19.6 Å². The van der Waals surface area contributed by atoms with Crippen molar-refractivity contribution in [2.24, 2.45) is 0 Å². The third kappa shape index (κ3) is 2.76. The molecule has 0 aliphatic rings. The van der Waals surface area contributed by atoms with Gasteiger partial charge in [-0.25, -0.2) is 0 Å². The lowest BCUT2D eigenvalue weighted by atomic mass is 9.94. The summed E-state index contributed by atoms with van der Waals surface area (Å²) < 4.78 is 64.8. The predicted octanol–water partition coefficient (Wildman–Crippen LogP) is 8.69. The smallest absolute Gasteiger partial charge is 0.145 e. The predicted molar refractivity (Wildman–Crippen MR) is 136 cm³/mol. The van der Waals surface area contributed by atoms with Gasteiger partial charge < -0.3 is 4.42 Å². The lowest BCUT2D eigenvalue weighted by Gasteiger charge is -2.10. The van der Waals surface area contributed by atoms with Crippen LogP contribution in [0.4, 0.5) is 0 Å². The molecule has 0 radical (unpaired) electrons. The molecule has 32 heavy (non-hydrogen) atoms. The lowest BCUT2D eigenvalue weighted by molar-refractivity contribution is 0.670. The summed E-state index contributed by atoms with van der Waals surface area (Å²) in [7, 11) is 0. The number of rotatable bonds is 2. The molecular weight excluding hydrogens is 390 g/mol. The summed E-state index contributed by atoms with van der Waals surface area (Å²) in [6.07, 6.45) is 1.57. The van der Waals surface area contributed by atoms with Crippen LogP contribution in [0.3, 0.4) is 0 Å². The van der Waals surface area contributed by atoms with Crippen molar-refractivity contribution in [3.05, 3.63) is 89.6 Å². The van der Waals surface area contributed by atoms with Gasteiger partial charge in [-0.3, -0.25) is 4.98 Å². The average Bonchev–Trinajstić information content (AvgIpc) is 3.23. The maximum absolute atomic E-state index is 8.47. The third-order valence-electron chi connectivity index (χ3n) is 6.22. The molecule has 2 nitrogen and oxygen atoms in total. The maximum atomic E-state index is 8.47. The zero-order chi connectivity index (χ0) is 27.9. The van der Waals surface area contributed by atoms with Gasteiger partial charge in [0.05, 0.1) is 5.69 Å². The molecule has 4 aromatic carbocycles. The van der Waals surface area contributed by atoms with Crippen LogP contribution in [0.5, 0.6) is 0 Å². The van der Waals surface area contributed by atoms with Crippen LogP contribution < -0.4 is 0 Å². The van der Waals surface area contributed by atoms with Gasteiger partial charge in [-0.2, -0.15) is 0 Å². The molecular formula is C30H25NO. The molecule has 2 aromatic heterocycles. The number of aryl methyl sites for hydroxylation is 2. The van der Waals surface area contributed by atoms with Gasteiger partial charge in [0.25, 0.3) is 0 Å². The Kier molecular flexibility index (Phi) is 2.82. The summed E-state index contributed by atoms with van der Waals surface area (Å²) in [4.78, 5) is 4.49. The van der Waals surface area contributed by atoms with Gasteiger partial charge in [-0.05, 0) is 88.2 Å². The normalized spacial score (nSPS) is 16.4. The van der Waals surface area contributed by atoms with Crippen LogP contribution >= 0.6 is 0 Å². The van der Waals surface area contributed by atoms with Crippen molar-refractivity contribution in [1.29, 1.82) is 0 Å². The molecule has 2 heterocycles. The fourth-order valence-electron chi connectivity index (χ4n) is 4.53. The number of benzene rings is 4. The van der Waals surface area contributed by atoms with E-state index in [4.69, 9.17) is 14.0 Å². The Morgan fingerprint density at radius 1 is 0.875 bits per heavy atom. The van der Waals surface area contributed by atoms with E-state index in [1.807, 2.05) is 48.5 Å². The highest BCUT2D eigenvalue weighted by molar-refractivity contribution is 6.18. The van der Waals surface area contributed by atoms with Crippen molar-refractivity contribution in [2.45, 2.75) is 33.4 Å². The molecule has 0 spiro atoms. The Labute approximate surface area is 197 Å². The van der Waals surface area contributed by atoms with E-state index in [-0.39, 0.29) is 22.1 Å². The zero-order valence-electron chi connectivity index (χ0n) is 24.8. The molecule has 0 atom stereocenters. The van der Waals surface area contributed by atoms with Gasteiger partial charge in [0.1, 0.15) is 11.2 Å². The minimum Gasteiger partial charge on any atom is -0.455 e. The van der Waals surface area contributed by atoms with Crippen molar-refractivity contribution in [1.82, 2.24) is 4.98 Å². The molecule has 0 fully saturated rings. The van der Waals surface area contributed by atoms with Crippen LogP contribution in [-0.2, 0) is 0 Å². The number of nitrogens with zero attached hydrogens (tertiary/aromatic N) is 1. The Balaban J connectivity index is 1.83. The quantitative estimate of drug-likeness (QED) is 0.261. The van der Waals surface area contributed by atoms with Crippen LogP contribution in [0.2, 0.25) is 0 Å². The second-order valence-corrected chi connectivity index (χ2v) is 8.44. The first-order valence-corrected chi connectivity index (χ1v) is 10.6. The van der Waals surface area contributed by atoms with Crippen molar-refractivity contribution < 1.29 is 14.0 Å². The first kappa shape index (κ1) is 13.0. The van der Waals surface area contributed by atoms with Gasteiger partial charge in [0.2, 0.25) is 0 Å². The lowest BCUT2D eigenvalue weighted by Crippen LogP contribution is -1.93. The van der Waals surface area contributed by atoms with Crippen LogP contribution in [0.25, 0.3) is 54.7 Å². The standard InChI is InChI=1S/C30H25NO/c1-17(2)21-11-12-31-27(14-21)25-13-18(3)19(4)29-26-16-24-22(15-28(26)32-30(25)29)10-9-20-7-5-6-8-23(20)24/h5-17H,1-4H3/i3D3,4D3,17D. The van der Waals surface area contributed by atoms with Crippen LogP contribution in [0.1, 0.15) is 46.0 Å². The van der Waals surface area contributed by atoms with Crippen LogP contribution in [-0.4, -0.2) is 4.98 Å². The van der Waals surface area contributed by atoms with E-state index in [0.717, 1.165) is 21.5 Å². The number of pyridine rings is 1. The molecule has 0 saturated heterocycles. The SMILES string of the molecule is [2H]C([2H])([2H])c1cc(-c2cc(C([2H])(C)C)ccn2)c2oc3cc4ccc5ccccc5c4cc3c2c1C([2H])([2H])[2H]. The number of aromatic nitrogens is 1. The summed E-state index contributed by atoms with van der Waals surface area (Å²) in [5.74, 6) is -0.922.